The lowest BCUT2D eigenvalue weighted by molar-refractivity contribution is -0.129. The van der Waals surface area contributed by atoms with Gasteiger partial charge in [0, 0.05) is 18.8 Å². The smallest absolute Gasteiger partial charge is 0.251 e. The van der Waals surface area contributed by atoms with E-state index in [4.69, 9.17) is 9.47 Å². The van der Waals surface area contributed by atoms with Crippen LogP contribution >= 0.6 is 11.8 Å². The number of anilines is 1. The van der Waals surface area contributed by atoms with Crippen molar-refractivity contribution in [2.45, 2.75) is 5.25 Å². The van der Waals surface area contributed by atoms with Crippen molar-refractivity contribution in [2.24, 2.45) is 4.99 Å². The molecule has 0 radical (unpaired) electrons. The molecule has 2 aromatic carbocycles. The van der Waals surface area contributed by atoms with Gasteiger partial charge in [0.2, 0.25) is 5.91 Å². The minimum atomic E-state index is -0.891. The second-order valence-electron chi connectivity index (χ2n) is 5.71. The van der Waals surface area contributed by atoms with Gasteiger partial charge in [-0.15, -0.1) is 0 Å². The van der Waals surface area contributed by atoms with Crippen LogP contribution in [0.3, 0.4) is 0 Å². The van der Waals surface area contributed by atoms with Gasteiger partial charge in [0.1, 0.15) is 11.5 Å². The van der Waals surface area contributed by atoms with E-state index in [-0.39, 0.29) is 5.91 Å². The fourth-order valence-corrected chi connectivity index (χ4v) is 3.49. The van der Waals surface area contributed by atoms with Crippen molar-refractivity contribution in [3.63, 3.8) is 0 Å². The van der Waals surface area contributed by atoms with Gasteiger partial charge in [-0.25, -0.2) is 4.99 Å². The minimum absolute atomic E-state index is 0.312. The van der Waals surface area contributed by atoms with E-state index in [1.807, 2.05) is 0 Å². The molecule has 2 amide bonds. The van der Waals surface area contributed by atoms with Crippen LogP contribution in [-0.4, -0.2) is 48.4 Å². The van der Waals surface area contributed by atoms with E-state index in [0.717, 1.165) is 17.5 Å². The molecular formula is C19H19N3O4S. The Morgan fingerprint density at radius 1 is 1.11 bits per heavy atom. The van der Waals surface area contributed by atoms with Crippen LogP contribution in [0.2, 0.25) is 0 Å². The summed E-state index contributed by atoms with van der Waals surface area (Å²) in [6.45, 7) is 0. The van der Waals surface area contributed by atoms with Gasteiger partial charge in [-0.05, 0) is 36.4 Å². The number of nitrogens with zero attached hydrogens (tertiary/aromatic N) is 2. The number of amidine groups is 1. The lowest BCUT2D eigenvalue weighted by Gasteiger charge is -2.10. The van der Waals surface area contributed by atoms with E-state index >= 15 is 0 Å². The average molecular weight is 385 g/mol. The van der Waals surface area contributed by atoms with Crippen molar-refractivity contribution >= 4 is 40.1 Å². The zero-order valence-electron chi connectivity index (χ0n) is 15.1. The second-order valence-corrected chi connectivity index (χ2v) is 6.78. The van der Waals surface area contributed by atoms with E-state index in [1.165, 1.54) is 4.90 Å². The molecule has 1 aliphatic rings. The van der Waals surface area contributed by atoms with E-state index in [0.29, 0.717) is 22.3 Å². The lowest BCUT2D eigenvalue weighted by atomic mass is 10.2. The molecule has 1 N–H and O–H groups in total. The Hall–Kier alpha value is -3.00. The first-order valence-corrected chi connectivity index (χ1v) is 9.01. The molecule has 3 rings (SSSR count). The van der Waals surface area contributed by atoms with Crippen molar-refractivity contribution in [3.05, 3.63) is 48.5 Å². The molecule has 1 saturated heterocycles. The number of benzene rings is 2. The number of carbonyl (C=O) groups is 2. The molecule has 8 heteroatoms. The predicted octanol–water partition coefficient (Wildman–Crippen LogP) is 2.90. The third kappa shape index (κ3) is 4.22. The van der Waals surface area contributed by atoms with E-state index < -0.39 is 11.2 Å². The Bertz CT molecular complexity index is 883. The van der Waals surface area contributed by atoms with Gasteiger partial charge in [-0.2, -0.15) is 0 Å². The quantitative estimate of drug-likeness (QED) is 0.801. The van der Waals surface area contributed by atoms with Crippen molar-refractivity contribution < 1.29 is 19.1 Å². The van der Waals surface area contributed by atoms with Gasteiger partial charge in [0.05, 0.1) is 19.9 Å². The largest absolute Gasteiger partial charge is 0.497 e. The summed E-state index contributed by atoms with van der Waals surface area (Å²) < 4.78 is 10.3. The van der Waals surface area contributed by atoms with Crippen molar-refractivity contribution in [1.29, 1.82) is 0 Å². The van der Waals surface area contributed by atoms with Crippen molar-refractivity contribution in [2.75, 3.05) is 26.6 Å². The highest BCUT2D eigenvalue weighted by atomic mass is 32.2. The molecule has 0 aliphatic carbocycles. The second kappa shape index (κ2) is 8.13. The first-order chi connectivity index (χ1) is 13.0. The summed E-state index contributed by atoms with van der Waals surface area (Å²) >= 11 is 1.12. The van der Waals surface area contributed by atoms with E-state index in [9.17, 15) is 9.59 Å². The summed E-state index contributed by atoms with van der Waals surface area (Å²) in [5, 5.41) is 2.33. The number of hydrogen-bond acceptors (Lipinski definition) is 6. The lowest BCUT2D eigenvalue weighted by Crippen LogP contribution is -2.35. The topological polar surface area (TPSA) is 80.2 Å². The van der Waals surface area contributed by atoms with Crippen LogP contribution in [0.15, 0.2) is 53.5 Å². The molecule has 1 fully saturated rings. The molecule has 7 nitrogen and oxygen atoms in total. The highest BCUT2D eigenvalue weighted by Gasteiger charge is 2.40. The Morgan fingerprint density at radius 3 is 2.48 bits per heavy atom. The number of nitrogens with one attached hydrogen (secondary N) is 1. The molecule has 1 aliphatic heterocycles. The van der Waals surface area contributed by atoms with Crippen molar-refractivity contribution in [3.8, 4) is 11.5 Å². The molecule has 1 heterocycles. The summed E-state index contributed by atoms with van der Waals surface area (Å²) in [5.74, 6) is 0.632. The van der Waals surface area contributed by atoms with Crippen LogP contribution < -0.4 is 14.8 Å². The van der Waals surface area contributed by atoms with Gasteiger partial charge in [-0.3, -0.25) is 14.5 Å². The molecular weight excluding hydrogens is 366 g/mol. The number of thioether (sulfide) groups is 1. The van der Waals surface area contributed by atoms with Crippen LogP contribution in [0, 0.1) is 0 Å². The van der Waals surface area contributed by atoms with Crippen molar-refractivity contribution in [1.82, 2.24) is 4.90 Å². The van der Waals surface area contributed by atoms with Gasteiger partial charge in [0.25, 0.3) is 5.91 Å². The SMILES string of the molecule is COc1ccc(N=C2S[C@@H](C(=O)Nc3cccc(OC)c3)C(=O)N2C)cc1. The Balaban J connectivity index is 1.74. The van der Waals surface area contributed by atoms with Crippen LogP contribution in [-0.2, 0) is 9.59 Å². The van der Waals surface area contributed by atoms with Crippen LogP contribution in [0.1, 0.15) is 0 Å². The normalized spacial score (nSPS) is 17.9. The van der Waals surface area contributed by atoms with Crippen LogP contribution in [0.25, 0.3) is 0 Å². The fourth-order valence-electron chi connectivity index (χ4n) is 2.45. The number of methoxy groups -OCH3 is 2. The highest BCUT2D eigenvalue weighted by Crippen LogP contribution is 2.30. The number of hydrogen-bond donors (Lipinski definition) is 1. The Kier molecular flexibility index (Phi) is 5.66. The molecule has 1 atom stereocenters. The summed E-state index contributed by atoms with van der Waals surface area (Å²) in [7, 11) is 4.75. The first-order valence-electron chi connectivity index (χ1n) is 8.13. The number of ether oxygens (including phenoxy) is 2. The molecule has 0 saturated carbocycles. The number of carbonyl (C=O) groups excluding carboxylic acids is 2. The number of rotatable bonds is 5. The maximum atomic E-state index is 12.6. The fraction of sp³-hybridized carbons (Fsp3) is 0.211. The zero-order chi connectivity index (χ0) is 19.4. The monoisotopic (exact) mass is 385 g/mol. The van der Waals surface area contributed by atoms with Crippen LogP contribution in [0.5, 0.6) is 11.5 Å². The summed E-state index contributed by atoms with van der Waals surface area (Å²) in [6, 6.07) is 14.1. The summed E-state index contributed by atoms with van der Waals surface area (Å²) in [4.78, 5) is 30.9. The number of aliphatic imine (C=N–C) groups is 1. The Labute approximate surface area is 161 Å². The third-order valence-electron chi connectivity index (χ3n) is 3.94. The standard InChI is InChI=1S/C19H19N3O4S/c1-22-18(24)16(17(23)20-13-5-4-6-15(11-13)26-3)27-19(22)21-12-7-9-14(25-2)10-8-12/h4-11,16H,1-3H3,(H,20,23)/t16-/m0/s1. The summed E-state index contributed by atoms with van der Waals surface area (Å²) in [6.07, 6.45) is 0. The van der Waals surface area contributed by atoms with E-state index in [2.05, 4.69) is 10.3 Å². The van der Waals surface area contributed by atoms with Gasteiger partial charge in [-0.1, -0.05) is 17.8 Å². The minimum Gasteiger partial charge on any atom is -0.497 e. The third-order valence-corrected chi connectivity index (χ3v) is 5.17. The average Bonchev–Trinajstić information content (AvgIpc) is 2.97. The molecule has 0 spiro atoms. The Morgan fingerprint density at radius 2 is 1.81 bits per heavy atom. The molecule has 27 heavy (non-hydrogen) atoms. The number of amides is 2. The maximum Gasteiger partial charge on any atom is 0.251 e. The van der Waals surface area contributed by atoms with Gasteiger partial charge in [0.15, 0.2) is 10.4 Å². The maximum absolute atomic E-state index is 12.6. The first kappa shape index (κ1) is 18.8. The highest BCUT2D eigenvalue weighted by molar-refractivity contribution is 8.16. The molecule has 0 bridgehead atoms. The predicted molar refractivity (Wildman–Crippen MR) is 106 cm³/mol. The zero-order valence-corrected chi connectivity index (χ0v) is 15.9. The summed E-state index contributed by atoms with van der Waals surface area (Å²) in [5.41, 5.74) is 1.24. The molecule has 2 aromatic rings. The molecule has 0 aromatic heterocycles. The molecule has 0 unspecified atom stereocenters. The van der Waals surface area contributed by atoms with Crippen LogP contribution in [0.4, 0.5) is 11.4 Å². The molecule has 140 valence electrons. The van der Waals surface area contributed by atoms with Gasteiger partial charge < -0.3 is 14.8 Å². The van der Waals surface area contributed by atoms with Gasteiger partial charge >= 0.3 is 0 Å². The van der Waals surface area contributed by atoms with E-state index in [1.54, 1.807) is 69.8 Å².